The van der Waals surface area contributed by atoms with Crippen molar-refractivity contribution in [2.24, 2.45) is 11.8 Å². The number of Topliss-reactive ketones (excluding diaryl/α,β-unsaturated/α-hetero) is 1. The van der Waals surface area contributed by atoms with Crippen LogP contribution in [0.5, 0.6) is 5.75 Å². The van der Waals surface area contributed by atoms with Gasteiger partial charge in [0.05, 0.1) is 25.9 Å². The van der Waals surface area contributed by atoms with Gasteiger partial charge in [0.15, 0.2) is 5.78 Å². The second kappa shape index (κ2) is 13.1. The maximum Gasteiger partial charge on any atom is 0.243 e. The lowest BCUT2D eigenvalue weighted by molar-refractivity contribution is -0.134. The van der Waals surface area contributed by atoms with Crippen LogP contribution in [0.2, 0.25) is 0 Å². The van der Waals surface area contributed by atoms with E-state index in [1.165, 1.54) is 0 Å². The molecule has 2 aliphatic carbocycles. The van der Waals surface area contributed by atoms with Gasteiger partial charge in [0.25, 0.3) is 0 Å². The molecule has 3 aliphatic rings. The highest BCUT2D eigenvalue weighted by atomic mass is 16.6. The van der Waals surface area contributed by atoms with E-state index in [1.54, 1.807) is 33.1 Å². The quantitative estimate of drug-likeness (QED) is 0.271. The number of methoxy groups -OCH3 is 1. The molecular formula is C30H43N3O7. The molecule has 1 aromatic rings. The Morgan fingerprint density at radius 2 is 1.65 bits per heavy atom. The van der Waals surface area contributed by atoms with Crippen LogP contribution >= 0.6 is 0 Å². The standard InChI is InChI=1S/C30H43N3O7/c1-18(31-28(37)21-10-11-22(34)16-21)27(36)33-25(15-20-8-12-23(39-3)13-9-20)29(38)32-24(14-19-6-4-5-7-19)26(35)30(2)17-40-30/h8-9,12-13,18-19,21-22,24-25,34H,4-7,10-11,14-17H2,1-3H3,(H,31,37)(H,32,38)(H,33,36)/t18-,21+,22+,24+,25+,30-/m1/s1. The number of benzene rings is 1. The molecule has 10 heteroatoms. The van der Waals surface area contributed by atoms with Crippen molar-refractivity contribution in [3.63, 3.8) is 0 Å². The Hall–Kier alpha value is -2.98. The van der Waals surface area contributed by atoms with Crippen LogP contribution in [0.4, 0.5) is 0 Å². The summed E-state index contributed by atoms with van der Waals surface area (Å²) in [5, 5.41) is 18.2. The van der Waals surface area contributed by atoms with Crippen LogP contribution in [0, 0.1) is 11.8 Å². The lowest BCUT2D eigenvalue weighted by Crippen LogP contribution is -2.57. The largest absolute Gasteiger partial charge is 0.497 e. The number of amides is 3. The van der Waals surface area contributed by atoms with E-state index >= 15 is 0 Å². The number of epoxide rings is 1. The minimum absolute atomic E-state index is 0.137. The van der Waals surface area contributed by atoms with Gasteiger partial charge in [0.2, 0.25) is 17.7 Å². The summed E-state index contributed by atoms with van der Waals surface area (Å²) >= 11 is 0. The number of hydrogen-bond donors (Lipinski definition) is 4. The van der Waals surface area contributed by atoms with Crippen molar-refractivity contribution in [2.75, 3.05) is 13.7 Å². The molecule has 6 atom stereocenters. The Bertz CT molecular complexity index is 1070. The molecule has 4 N–H and O–H groups in total. The third-order valence-corrected chi connectivity index (χ3v) is 8.53. The van der Waals surface area contributed by atoms with Crippen LogP contribution in [0.3, 0.4) is 0 Å². The number of nitrogens with one attached hydrogen (secondary N) is 3. The maximum atomic E-state index is 13.7. The van der Waals surface area contributed by atoms with E-state index in [0.717, 1.165) is 31.2 Å². The summed E-state index contributed by atoms with van der Waals surface area (Å²) in [7, 11) is 1.57. The van der Waals surface area contributed by atoms with E-state index in [4.69, 9.17) is 9.47 Å². The molecule has 1 aliphatic heterocycles. The van der Waals surface area contributed by atoms with E-state index in [9.17, 15) is 24.3 Å². The van der Waals surface area contributed by atoms with Crippen molar-refractivity contribution in [3.05, 3.63) is 29.8 Å². The van der Waals surface area contributed by atoms with Gasteiger partial charge >= 0.3 is 0 Å². The van der Waals surface area contributed by atoms with Gasteiger partial charge in [-0.2, -0.15) is 0 Å². The van der Waals surface area contributed by atoms with Crippen LogP contribution in [0.15, 0.2) is 24.3 Å². The summed E-state index contributed by atoms with van der Waals surface area (Å²) in [6.07, 6.45) is 6.04. The van der Waals surface area contributed by atoms with Crippen LogP contribution in [0.25, 0.3) is 0 Å². The van der Waals surface area contributed by atoms with E-state index < -0.39 is 41.6 Å². The van der Waals surface area contributed by atoms with E-state index in [2.05, 4.69) is 16.0 Å². The van der Waals surface area contributed by atoms with Gasteiger partial charge in [-0.15, -0.1) is 0 Å². The zero-order chi connectivity index (χ0) is 28.9. The summed E-state index contributed by atoms with van der Waals surface area (Å²) in [6.45, 7) is 3.65. The number of carbonyl (C=O) groups is 4. The Morgan fingerprint density at radius 1 is 1.00 bits per heavy atom. The Morgan fingerprint density at radius 3 is 2.23 bits per heavy atom. The molecule has 0 radical (unpaired) electrons. The Labute approximate surface area is 235 Å². The molecule has 2 saturated carbocycles. The average Bonchev–Trinajstić information content (AvgIpc) is 3.28. The van der Waals surface area contributed by atoms with Crippen LogP contribution in [-0.4, -0.2) is 72.2 Å². The molecule has 4 rings (SSSR count). The molecule has 3 amide bonds. The minimum atomic E-state index is -0.972. The number of ketones is 1. The fourth-order valence-corrected chi connectivity index (χ4v) is 5.80. The molecule has 1 saturated heterocycles. The first-order valence-electron chi connectivity index (χ1n) is 14.5. The summed E-state index contributed by atoms with van der Waals surface area (Å²) in [4.78, 5) is 52.8. The zero-order valence-electron chi connectivity index (χ0n) is 23.7. The number of hydrogen-bond acceptors (Lipinski definition) is 7. The number of aliphatic hydroxyl groups is 1. The summed E-state index contributed by atoms with van der Waals surface area (Å²) < 4.78 is 10.6. The summed E-state index contributed by atoms with van der Waals surface area (Å²) in [6, 6.07) is 4.64. The first-order chi connectivity index (χ1) is 19.1. The second-order valence-corrected chi connectivity index (χ2v) is 11.8. The molecule has 0 aromatic heterocycles. The lowest BCUT2D eigenvalue weighted by atomic mass is 9.90. The molecule has 1 heterocycles. The predicted octanol–water partition coefficient (Wildman–Crippen LogP) is 1.81. The van der Waals surface area contributed by atoms with Crippen molar-refractivity contribution in [2.45, 2.75) is 101 Å². The van der Waals surface area contributed by atoms with Crippen LogP contribution in [-0.2, 0) is 30.3 Å². The molecule has 0 unspecified atom stereocenters. The van der Waals surface area contributed by atoms with Gasteiger partial charge in [-0.25, -0.2) is 0 Å². The molecule has 220 valence electrons. The Kier molecular flexibility index (Phi) is 9.84. The molecule has 40 heavy (non-hydrogen) atoms. The fourth-order valence-electron chi connectivity index (χ4n) is 5.80. The normalized spacial score (nSPS) is 26.4. The number of ether oxygens (including phenoxy) is 2. The highest BCUT2D eigenvalue weighted by Gasteiger charge is 2.50. The third-order valence-electron chi connectivity index (χ3n) is 8.53. The monoisotopic (exact) mass is 557 g/mol. The van der Waals surface area contributed by atoms with Crippen molar-refractivity contribution >= 4 is 23.5 Å². The van der Waals surface area contributed by atoms with Gasteiger partial charge in [0, 0.05) is 12.3 Å². The van der Waals surface area contributed by atoms with Crippen LogP contribution < -0.4 is 20.7 Å². The summed E-state index contributed by atoms with van der Waals surface area (Å²) in [5.74, 6) is -0.689. The smallest absolute Gasteiger partial charge is 0.243 e. The third kappa shape index (κ3) is 7.81. The highest BCUT2D eigenvalue weighted by molar-refractivity contribution is 5.98. The minimum Gasteiger partial charge on any atom is -0.497 e. The molecular weight excluding hydrogens is 514 g/mol. The van der Waals surface area contributed by atoms with E-state index in [1.807, 2.05) is 12.1 Å². The number of carbonyl (C=O) groups excluding carboxylic acids is 4. The van der Waals surface area contributed by atoms with Crippen molar-refractivity contribution in [1.29, 1.82) is 0 Å². The number of aliphatic hydroxyl groups excluding tert-OH is 1. The average molecular weight is 558 g/mol. The summed E-state index contributed by atoms with van der Waals surface area (Å²) in [5.41, 5.74) is -0.0771. The predicted molar refractivity (Wildman–Crippen MR) is 147 cm³/mol. The van der Waals surface area contributed by atoms with Gasteiger partial charge in [-0.1, -0.05) is 37.8 Å². The number of rotatable bonds is 13. The van der Waals surface area contributed by atoms with Crippen molar-refractivity contribution in [3.8, 4) is 5.75 Å². The highest BCUT2D eigenvalue weighted by Crippen LogP contribution is 2.33. The zero-order valence-corrected chi connectivity index (χ0v) is 23.7. The van der Waals surface area contributed by atoms with Crippen molar-refractivity contribution in [1.82, 2.24) is 16.0 Å². The molecule has 10 nitrogen and oxygen atoms in total. The second-order valence-electron chi connectivity index (χ2n) is 11.8. The first kappa shape index (κ1) is 30.0. The SMILES string of the molecule is COc1ccc(C[C@H](NC(=O)[C@@H](C)NC(=O)[C@H]2CC[C@H](O)C2)C(=O)N[C@@H](CC2CCCC2)C(=O)[C@@]2(C)CO2)cc1. The van der Waals surface area contributed by atoms with Crippen molar-refractivity contribution < 1.29 is 33.8 Å². The fraction of sp³-hybridized carbons (Fsp3) is 0.667. The Balaban J connectivity index is 1.46. The molecule has 0 spiro atoms. The van der Waals surface area contributed by atoms with Gasteiger partial charge < -0.3 is 30.5 Å². The van der Waals surface area contributed by atoms with Gasteiger partial charge in [-0.3, -0.25) is 19.2 Å². The van der Waals surface area contributed by atoms with E-state index in [-0.39, 0.29) is 24.0 Å². The van der Waals surface area contributed by atoms with Gasteiger partial charge in [0.1, 0.15) is 23.4 Å². The lowest BCUT2D eigenvalue weighted by Gasteiger charge is -2.27. The maximum absolute atomic E-state index is 13.7. The molecule has 3 fully saturated rings. The van der Waals surface area contributed by atoms with E-state index in [0.29, 0.717) is 44.0 Å². The van der Waals surface area contributed by atoms with Gasteiger partial charge in [-0.05, 0) is 63.1 Å². The molecule has 0 bridgehead atoms. The van der Waals surface area contributed by atoms with Crippen LogP contribution in [0.1, 0.15) is 70.8 Å². The first-order valence-corrected chi connectivity index (χ1v) is 14.5. The topological polar surface area (TPSA) is 146 Å². The molecule has 1 aromatic carbocycles.